The number of nitriles is 1. The Labute approximate surface area is 210 Å². The molecule has 1 aliphatic heterocycles. The second kappa shape index (κ2) is 9.23. The molecule has 0 fully saturated rings. The second-order valence-corrected chi connectivity index (χ2v) is 8.48. The Morgan fingerprint density at radius 2 is 1.97 bits per heavy atom. The number of aromatic nitrogens is 4. The third-order valence-electron chi connectivity index (χ3n) is 6.04. The largest absolute Gasteiger partial charge is 0.322 e. The van der Waals surface area contributed by atoms with E-state index in [2.05, 4.69) is 20.4 Å². The quantitative estimate of drug-likeness (QED) is 0.444. The van der Waals surface area contributed by atoms with Crippen molar-refractivity contribution in [3.8, 4) is 6.07 Å². The molecule has 1 atom stereocenters. The van der Waals surface area contributed by atoms with Gasteiger partial charge in [0, 0.05) is 23.1 Å². The number of nitrogens with one attached hydrogen (secondary N) is 1. The van der Waals surface area contributed by atoms with Crippen LogP contribution in [-0.2, 0) is 12.5 Å². The summed E-state index contributed by atoms with van der Waals surface area (Å²) >= 11 is 0. The molecule has 5 rings (SSSR count). The fourth-order valence-corrected chi connectivity index (χ4v) is 4.25. The summed E-state index contributed by atoms with van der Waals surface area (Å²) in [5, 5.41) is 16.0. The molecule has 0 bridgehead atoms. The fraction of sp³-hybridized carbons (Fsp3) is 0.154. The van der Waals surface area contributed by atoms with E-state index in [1.165, 1.54) is 52.3 Å². The predicted octanol–water partition coefficient (Wildman–Crippen LogP) is 3.99. The molecule has 0 saturated heterocycles. The minimum atomic E-state index is -3.34. The molecule has 0 spiro atoms. The summed E-state index contributed by atoms with van der Waals surface area (Å²) in [6, 6.07) is 14.6. The highest BCUT2D eigenvalue weighted by atomic mass is 19.3. The van der Waals surface area contributed by atoms with Crippen LogP contribution in [0.5, 0.6) is 0 Å². The zero-order valence-electron chi connectivity index (χ0n) is 19.5. The maximum Gasteiger partial charge on any atom is 0.315 e. The minimum absolute atomic E-state index is 0.0659. The second-order valence-electron chi connectivity index (χ2n) is 8.48. The van der Waals surface area contributed by atoms with Crippen LogP contribution in [0.25, 0.3) is 0 Å². The average Bonchev–Trinajstić information content (AvgIpc) is 3.34. The summed E-state index contributed by atoms with van der Waals surface area (Å²) in [7, 11) is 0. The van der Waals surface area contributed by atoms with Crippen molar-refractivity contribution in [3.05, 3.63) is 101 Å². The van der Waals surface area contributed by atoms with Gasteiger partial charge < -0.3 is 10.2 Å². The average molecular weight is 499 g/mol. The lowest BCUT2D eigenvalue weighted by Gasteiger charge is -2.34. The predicted molar refractivity (Wildman–Crippen MR) is 129 cm³/mol. The molecular weight excluding hydrogens is 480 g/mol. The van der Waals surface area contributed by atoms with Gasteiger partial charge in [-0.05, 0) is 43.3 Å². The Bertz CT molecular complexity index is 1530. The number of nitrogens with zero attached hydrogens (tertiary/aromatic N) is 6. The summed E-state index contributed by atoms with van der Waals surface area (Å²) in [6.07, 6.45) is 3.62. The lowest BCUT2D eigenvalue weighted by molar-refractivity contribution is 0.0378. The molecule has 37 heavy (non-hydrogen) atoms. The topological polar surface area (TPSA) is 117 Å². The number of halogens is 2. The first-order chi connectivity index (χ1) is 17.8. The van der Waals surface area contributed by atoms with E-state index in [-0.39, 0.29) is 22.9 Å². The molecule has 2 amide bonds. The molecule has 0 saturated carbocycles. The van der Waals surface area contributed by atoms with Gasteiger partial charge in [-0.25, -0.2) is 9.97 Å². The van der Waals surface area contributed by atoms with Gasteiger partial charge in [-0.2, -0.15) is 19.1 Å². The van der Waals surface area contributed by atoms with Gasteiger partial charge in [0.1, 0.15) is 17.7 Å². The summed E-state index contributed by atoms with van der Waals surface area (Å²) in [4.78, 5) is 35.3. The van der Waals surface area contributed by atoms with Crippen LogP contribution in [0.4, 0.5) is 20.2 Å². The highest BCUT2D eigenvalue weighted by Gasteiger charge is 2.38. The van der Waals surface area contributed by atoms with E-state index in [0.717, 1.165) is 12.4 Å². The number of hydrogen-bond acceptors (Lipinski definition) is 6. The molecular formula is C26H19F2N7O2. The van der Waals surface area contributed by atoms with Gasteiger partial charge in [-0.3, -0.25) is 14.3 Å². The van der Waals surface area contributed by atoms with Crippen molar-refractivity contribution >= 4 is 23.2 Å². The van der Waals surface area contributed by atoms with Crippen molar-refractivity contribution < 1.29 is 18.4 Å². The van der Waals surface area contributed by atoms with Gasteiger partial charge in [0.05, 0.1) is 36.0 Å². The highest BCUT2D eigenvalue weighted by molar-refractivity contribution is 6.15. The molecule has 0 aliphatic carbocycles. The Hall–Kier alpha value is -4.98. The number of anilines is 2. The van der Waals surface area contributed by atoms with Crippen LogP contribution in [0.15, 0.2) is 73.3 Å². The smallest absolute Gasteiger partial charge is 0.315 e. The first-order valence-electron chi connectivity index (χ1n) is 11.3. The summed E-state index contributed by atoms with van der Waals surface area (Å²) in [5.41, 5.74) is 0.616. The van der Waals surface area contributed by atoms with Crippen LogP contribution < -0.4 is 10.2 Å². The lowest BCUT2D eigenvalue weighted by atomic mass is 10.0. The van der Waals surface area contributed by atoms with Crippen molar-refractivity contribution in [2.24, 2.45) is 0 Å². The fourth-order valence-electron chi connectivity index (χ4n) is 4.25. The van der Waals surface area contributed by atoms with Crippen molar-refractivity contribution in [1.82, 2.24) is 19.7 Å². The minimum Gasteiger partial charge on any atom is -0.322 e. The van der Waals surface area contributed by atoms with Gasteiger partial charge in [-0.1, -0.05) is 18.2 Å². The highest BCUT2D eigenvalue weighted by Crippen LogP contribution is 2.36. The van der Waals surface area contributed by atoms with E-state index in [1.54, 1.807) is 25.1 Å². The number of carbonyl (C=O) groups excluding carboxylic acids is 2. The van der Waals surface area contributed by atoms with Crippen LogP contribution >= 0.6 is 0 Å². The molecule has 1 aliphatic rings. The Kier molecular flexibility index (Phi) is 5.93. The maximum absolute atomic E-state index is 14.9. The van der Waals surface area contributed by atoms with Crippen LogP contribution in [0.3, 0.4) is 0 Å². The Morgan fingerprint density at radius 1 is 1.19 bits per heavy atom. The number of amides is 2. The van der Waals surface area contributed by atoms with Crippen LogP contribution in [0, 0.1) is 11.3 Å². The van der Waals surface area contributed by atoms with Gasteiger partial charge in [0.25, 0.3) is 11.8 Å². The number of benzene rings is 2. The van der Waals surface area contributed by atoms with Gasteiger partial charge >= 0.3 is 5.92 Å². The van der Waals surface area contributed by atoms with E-state index < -0.39 is 23.4 Å². The van der Waals surface area contributed by atoms with Crippen molar-refractivity contribution in [1.29, 1.82) is 5.26 Å². The first-order valence-corrected chi connectivity index (χ1v) is 11.3. The van der Waals surface area contributed by atoms with E-state index in [1.807, 2.05) is 6.07 Å². The Balaban J connectivity index is 1.42. The molecule has 3 heterocycles. The molecule has 0 radical (unpaired) electrons. The Morgan fingerprint density at radius 3 is 2.68 bits per heavy atom. The third kappa shape index (κ3) is 4.29. The molecule has 4 aromatic rings. The number of hydrogen-bond donors (Lipinski definition) is 1. The van der Waals surface area contributed by atoms with E-state index in [9.17, 15) is 18.4 Å². The van der Waals surface area contributed by atoms with Gasteiger partial charge in [-0.15, -0.1) is 0 Å². The van der Waals surface area contributed by atoms with Crippen LogP contribution in [0.2, 0.25) is 0 Å². The number of carbonyl (C=O) groups is 2. The number of fused-ring (bicyclic) bond motifs is 1. The molecule has 0 unspecified atom stereocenters. The van der Waals surface area contributed by atoms with Crippen LogP contribution in [-0.4, -0.2) is 37.6 Å². The monoisotopic (exact) mass is 499 g/mol. The lowest BCUT2D eigenvalue weighted by Crippen LogP contribution is -2.47. The molecule has 184 valence electrons. The standard InChI is InChI=1S/C26H19F2N7O2/c1-16-14-34-23(21(13-32-34)24(36)33-19-4-2-3-17(11-19)12-29)25(37)35(16)20-7-5-18(6-8-20)26(27,28)22-9-10-30-15-31-22/h2-11,13,15-16H,14H2,1H3,(H,33,36)/t16-/m0/s1. The normalized spacial score (nSPS) is 15.1. The number of rotatable bonds is 5. The first kappa shape index (κ1) is 23.7. The SMILES string of the molecule is C[C@H]1Cn2ncc(C(=O)Nc3cccc(C#N)c3)c2C(=O)N1c1ccc(C(F)(F)c2ccncn2)cc1. The summed E-state index contributed by atoms with van der Waals surface area (Å²) in [5.74, 6) is -4.38. The molecule has 2 aromatic carbocycles. The zero-order chi connectivity index (χ0) is 26.2. The van der Waals surface area contributed by atoms with Crippen molar-refractivity contribution in [3.63, 3.8) is 0 Å². The summed E-state index contributed by atoms with van der Waals surface area (Å²) in [6.45, 7) is 2.11. The van der Waals surface area contributed by atoms with Gasteiger partial charge in [0.15, 0.2) is 0 Å². The van der Waals surface area contributed by atoms with E-state index in [4.69, 9.17) is 5.26 Å². The molecule has 2 aromatic heterocycles. The zero-order valence-corrected chi connectivity index (χ0v) is 19.5. The van der Waals surface area contributed by atoms with Gasteiger partial charge in [0.2, 0.25) is 0 Å². The van der Waals surface area contributed by atoms with Crippen LogP contribution in [0.1, 0.15) is 44.6 Å². The molecule has 1 N–H and O–H groups in total. The molecule has 11 heteroatoms. The van der Waals surface area contributed by atoms with Crippen molar-refractivity contribution in [2.45, 2.75) is 25.4 Å². The number of alkyl halides is 2. The summed E-state index contributed by atoms with van der Waals surface area (Å²) < 4.78 is 31.2. The third-order valence-corrected chi connectivity index (χ3v) is 6.04. The van der Waals surface area contributed by atoms with E-state index in [0.29, 0.717) is 23.5 Å². The molecule has 9 nitrogen and oxygen atoms in total. The maximum atomic E-state index is 14.9. The van der Waals surface area contributed by atoms with Crippen molar-refractivity contribution in [2.75, 3.05) is 10.2 Å². The van der Waals surface area contributed by atoms with E-state index >= 15 is 0 Å².